The van der Waals surface area contributed by atoms with Crippen molar-refractivity contribution in [3.63, 3.8) is 0 Å². The maximum Gasteiger partial charge on any atom is 0.00148 e. The maximum atomic E-state index is 2.69. The first-order valence-electron chi connectivity index (χ1n) is 5.91. The second kappa shape index (κ2) is 3.61. The number of piperidine rings is 1. The van der Waals surface area contributed by atoms with Crippen LogP contribution >= 0.6 is 0 Å². The van der Waals surface area contributed by atoms with Gasteiger partial charge in [0.2, 0.25) is 0 Å². The molecule has 1 saturated carbocycles. The van der Waals surface area contributed by atoms with Crippen molar-refractivity contribution in [1.82, 2.24) is 4.90 Å². The fraction of sp³-hybridized carbons (Fsp3) is 1.00. The topological polar surface area (TPSA) is 3.24 Å². The van der Waals surface area contributed by atoms with Crippen LogP contribution in [0.5, 0.6) is 0 Å². The average Bonchev–Trinajstić information content (AvgIpc) is 2.15. The molecule has 1 heterocycles. The minimum Gasteiger partial charge on any atom is -0.303 e. The highest BCUT2D eigenvalue weighted by atomic mass is 15.1. The minimum atomic E-state index is 0.650. The Morgan fingerprint density at radius 2 is 1.85 bits per heavy atom. The first kappa shape index (κ1) is 9.51. The van der Waals surface area contributed by atoms with Gasteiger partial charge in [0.25, 0.3) is 0 Å². The Hall–Kier alpha value is -0.0400. The summed E-state index contributed by atoms with van der Waals surface area (Å²) in [4.78, 5) is 2.69. The number of nitrogens with zero attached hydrogens (tertiary/aromatic N) is 1. The van der Waals surface area contributed by atoms with Crippen LogP contribution in [0.2, 0.25) is 0 Å². The molecule has 1 nitrogen and oxygen atoms in total. The predicted octanol–water partition coefficient (Wildman–Crippen LogP) is 2.91. The van der Waals surface area contributed by atoms with E-state index in [4.69, 9.17) is 0 Å². The Bertz CT molecular complexity index is 168. The SMILES string of the molecule is CC1(C)CC[C@H]1CN1CCCCC1. The smallest absolute Gasteiger partial charge is 0.00148 e. The number of rotatable bonds is 2. The predicted molar refractivity (Wildman–Crippen MR) is 56.8 cm³/mol. The molecule has 1 aliphatic carbocycles. The lowest BCUT2D eigenvalue weighted by atomic mass is 9.62. The van der Waals surface area contributed by atoms with E-state index in [9.17, 15) is 0 Å². The molecule has 1 atom stereocenters. The van der Waals surface area contributed by atoms with Gasteiger partial charge in [-0.25, -0.2) is 0 Å². The quantitative estimate of drug-likeness (QED) is 0.633. The number of hydrogen-bond acceptors (Lipinski definition) is 1. The fourth-order valence-corrected chi connectivity index (χ4v) is 2.72. The van der Waals surface area contributed by atoms with E-state index in [1.807, 2.05) is 0 Å². The number of likely N-dealkylation sites (tertiary alicyclic amines) is 1. The van der Waals surface area contributed by atoms with Gasteiger partial charge >= 0.3 is 0 Å². The van der Waals surface area contributed by atoms with Gasteiger partial charge in [-0.2, -0.15) is 0 Å². The van der Waals surface area contributed by atoms with Crippen molar-refractivity contribution in [2.24, 2.45) is 11.3 Å². The molecule has 2 aliphatic rings. The molecule has 2 rings (SSSR count). The lowest BCUT2D eigenvalue weighted by molar-refractivity contribution is 0.0306. The molecule has 13 heavy (non-hydrogen) atoms. The summed E-state index contributed by atoms with van der Waals surface area (Å²) in [5.41, 5.74) is 0.650. The largest absolute Gasteiger partial charge is 0.303 e. The Kier molecular flexibility index (Phi) is 2.64. The van der Waals surface area contributed by atoms with Crippen LogP contribution in [0, 0.1) is 11.3 Å². The van der Waals surface area contributed by atoms with Gasteiger partial charge in [0.15, 0.2) is 0 Å². The van der Waals surface area contributed by atoms with Crippen LogP contribution in [-0.4, -0.2) is 24.5 Å². The molecule has 0 spiro atoms. The molecule has 0 aromatic rings. The molecule has 1 saturated heterocycles. The fourth-order valence-electron chi connectivity index (χ4n) is 2.72. The second-order valence-electron chi connectivity index (χ2n) is 5.59. The molecule has 76 valence electrons. The Balaban J connectivity index is 1.77. The zero-order valence-corrected chi connectivity index (χ0v) is 9.18. The van der Waals surface area contributed by atoms with Gasteiger partial charge in [-0.15, -0.1) is 0 Å². The highest BCUT2D eigenvalue weighted by Gasteiger charge is 2.38. The first-order chi connectivity index (χ1) is 6.18. The van der Waals surface area contributed by atoms with Crippen molar-refractivity contribution in [3.05, 3.63) is 0 Å². The van der Waals surface area contributed by atoms with E-state index >= 15 is 0 Å². The van der Waals surface area contributed by atoms with Crippen molar-refractivity contribution in [2.75, 3.05) is 19.6 Å². The minimum absolute atomic E-state index is 0.650. The van der Waals surface area contributed by atoms with E-state index in [1.54, 1.807) is 0 Å². The molecule has 0 amide bonds. The molecule has 0 radical (unpaired) electrons. The summed E-state index contributed by atoms with van der Waals surface area (Å²) in [6, 6.07) is 0. The molecular formula is C12H23N. The average molecular weight is 181 g/mol. The van der Waals surface area contributed by atoms with E-state index < -0.39 is 0 Å². The molecule has 0 bridgehead atoms. The molecule has 0 unspecified atom stereocenters. The highest BCUT2D eigenvalue weighted by Crippen LogP contribution is 2.46. The van der Waals surface area contributed by atoms with Gasteiger partial charge in [-0.05, 0) is 50.1 Å². The second-order valence-corrected chi connectivity index (χ2v) is 5.59. The Morgan fingerprint density at radius 1 is 1.15 bits per heavy atom. The molecule has 0 aromatic heterocycles. The summed E-state index contributed by atoms with van der Waals surface area (Å²) in [6.07, 6.45) is 7.26. The van der Waals surface area contributed by atoms with Gasteiger partial charge in [-0.1, -0.05) is 20.3 Å². The van der Waals surface area contributed by atoms with E-state index in [-0.39, 0.29) is 0 Å². The summed E-state index contributed by atoms with van der Waals surface area (Å²) in [5.74, 6) is 0.991. The molecule has 1 aliphatic heterocycles. The van der Waals surface area contributed by atoms with Gasteiger partial charge in [0.05, 0.1) is 0 Å². The normalized spacial score (nSPS) is 34.2. The monoisotopic (exact) mass is 181 g/mol. The summed E-state index contributed by atoms with van der Waals surface area (Å²) in [7, 11) is 0. The summed E-state index contributed by atoms with van der Waals surface area (Å²) in [5, 5.41) is 0. The third-order valence-electron chi connectivity index (χ3n) is 4.17. The van der Waals surface area contributed by atoms with Gasteiger partial charge in [0.1, 0.15) is 0 Å². The molecule has 0 aromatic carbocycles. The summed E-state index contributed by atoms with van der Waals surface area (Å²) in [6.45, 7) is 8.99. The van der Waals surface area contributed by atoms with E-state index in [0.29, 0.717) is 5.41 Å². The first-order valence-corrected chi connectivity index (χ1v) is 5.91. The number of hydrogen-bond donors (Lipinski definition) is 0. The van der Waals surface area contributed by atoms with Crippen LogP contribution in [0.3, 0.4) is 0 Å². The van der Waals surface area contributed by atoms with Crippen molar-refractivity contribution in [3.8, 4) is 0 Å². The maximum absolute atomic E-state index is 2.69. The van der Waals surface area contributed by atoms with Gasteiger partial charge in [0, 0.05) is 6.54 Å². The molecule has 0 N–H and O–H groups in total. The van der Waals surface area contributed by atoms with E-state index in [0.717, 1.165) is 5.92 Å². The van der Waals surface area contributed by atoms with Crippen LogP contribution < -0.4 is 0 Å². The third-order valence-corrected chi connectivity index (χ3v) is 4.17. The van der Waals surface area contributed by atoms with Gasteiger partial charge < -0.3 is 4.90 Å². The van der Waals surface area contributed by atoms with Crippen molar-refractivity contribution >= 4 is 0 Å². The van der Waals surface area contributed by atoms with Crippen LogP contribution in [0.25, 0.3) is 0 Å². The standard InChI is InChI=1S/C12H23N/c1-12(2)7-6-11(12)10-13-8-4-3-5-9-13/h11H,3-10H2,1-2H3/t11-/m0/s1. The Labute approximate surface area is 82.5 Å². The lowest BCUT2D eigenvalue weighted by Crippen LogP contribution is -2.44. The van der Waals surface area contributed by atoms with Crippen molar-refractivity contribution in [1.29, 1.82) is 0 Å². The van der Waals surface area contributed by atoms with E-state index in [1.165, 1.54) is 51.7 Å². The lowest BCUT2D eigenvalue weighted by Gasteiger charge is -2.47. The molecule has 1 heteroatoms. The van der Waals surface area contributed by atoms with Crippen LogP contribution in [0.15, 0.2) is 0 Å². The van der Waals surface area contributed by atoms with Crippen LogP contribution in [0.1, 0.15) is 46.0 Å². The Morgan fingerprint density at radius 3 is 2.31 bits per heavy atom. The van der Waals surface area contributed by atoms with Crippen LogP contribution in [-0.2, 0) is 0 Å². The highest BCUT2D eigenvalue weighted by molar-refractivity contribution is 4.90. The van der Waals surface area contributed by atoms with Crippen LogP contribution in [0.4, 0.5) is 0 Å². The van der Waals surface area contributed by atoms with Crippen molar-refractivity contribution < 1.29 is 0 Å². The summed E-state index contributed by atoms with van der Waals surface area (Å²) < 4.78 is 0. The van der Waals surface area contributed by atoms with Crippen molar-refractivity contribution in [2.45, 2.75) is 46.0 Å². The van der Waals surface area contributed by atoms with E-state index in [2.05, 4.69) is 18.7 Å². The zero-order valence-electron chi connectivity index (χ0n) is 9.18. The molecule has 2 fully saturated rings. The molecular weight excluding hydrogens is 158 g/mol. The third kappa shape index (κ3) is 2.07. The van der Waals surface area contributed by atoms with Gasteiger partial charge in [-0.3, -0.25) is 0 Å². The summed E-state index contributed by atoms with van der Waals surface area (Å²) >= 11 is 0. The zero-order chi connectivity index (χ0) is 9.31.